The molecule has 0 spiro atoms. The molecule has 0 radical (unpaired) electrons. The molecule has 10 nitrogen and oxygen atoms in total. The summed E-state index contributed by atoms with van der Waals surface area (Å²) in [6.45, 7) is 0.445. The average molecular weight is 445 g/mol. The lowest BCUT2D eigenvalue weighted by molar-refractivity contribution is 0.194. The highest BCUT2D eigenvalue weighted by molar-refractivity contribution is 7.99. The van der Waals surface area contributed by atoms with Crippen LogP contribution in [0.2, 0.25) is 0 Å². The van der Waals surface area contributed by atoms with Crippen molar-refractivity contribution in [2.24, 2.45) is 5.92 Å². The van der Waals surface area contributed by atoms with Crippen LogP contribution in [0.5, 0.6) is 11.5 Å². The van der Waals surface area contributed by atoms with Crippen molar-refractivity contribution in [2.75, 3.05) is 26.5 Å². The van der Waals surface area contributed by atoms with Crippen LogP contribution in [0.25, 0.3) is 11.2 Å². The van der Waals surface area contributed by atoms with Gasteiger partial charge in [0.15, 0.2) is 22.1 Å². The van der Waals surface area contributed by atoms with Gasteiger partial charge in [-0.3, -0.25) is 4.57 Å². The van der Waals surface area contributed by atoms with Gasteiger partial charge in [0.05, 0.1) is 19.1 Å². The topological polar surface area (TPSA) is 137 Å². The minimum Gasteiger partial charge on any atom is -0.497 e. The van der Waals surface area contributed by atoms with Gasteiger partial charge in [-0.25, -0.2) is 19.7 Å². The average Bonchev–Trinajstić information content (AvgIpc) is 3.42. The van der Waals surface area contributed by atoms with E-state index in [1.165, 1.54) is 18.1 Å². The van der Waals surface area contributed by atoms with Crippen molar-refractivity contribution < 1.29 is 19.4 Å². The molecule has 1 aliphatic rings. The second kappa shape index (κ2) is 8.88. The Bertz CT molecular complexity index is 1100. The molecule has 1 aromatic carbocycles. The number of carbonyl (C=O) groups is 1. The second-order valence-electron chi connectivity index (χ2n) is 7.25. The Morgan fingerprint density at radius 3 is 2.94 bits per heavy atom. The molecular weight excluding hydrogens is 420 g/mol. The van der Waals surface area contributed by atoms with Crippen LogP contribution in [0.3, 0.4) is 0 Å². The van der Waals surface area contributed by atoms with E-state index in [9.17, 15) is 4.79 Å². The van der Waals surface area contributed by atoms with Crippen LogP contribution in [-0.4, -0.2) is 51.5 Å². The smallest absolute Gasteiger partial charge is 0.404 e. The van der Waals surface area contributed by atoms with Crippen molar-refractivity contribution in [1.82, 2.24) is 24.8 Å². The Morgan fingerprint density at radius 2 is 2.19 bits per heavy atom. The number of methoxy groups -OCH3 is 2. The third-order valence-corrected chi connectivity index (χ3v) is 6.30. The van der Waals surface area contributed by atoms with Gasteiger partial charge in [-0.1, -0.05) is 0 Å². The van der Waals surface area contributed by atoms with Gasteiger partial charge in [-0.2, -0.15) is 0 Å². The number of amides is 1. The fraction of sp³-hybridized carbons (Fsp3) is 0.400. The molecule has 11 heteroatoms. The van der Waals surface area contributed by atoms with Crippen LogP contribution < -0.4 is 20.5 Å². The Labute approximate surface area is 183 Å². The number of rotatable bonds is 9. The highest BCUT2D eigenvalue weighted by Crippen LogP contribution is 2.50. The van der Waals surface area contributed by atoms with Gasteiger partial charge in [0.2, 0.25) is 0 Å². The zero-order valence-electron chi connectivity index (χ0n) is 17.2. The summed E-state index contributed by atoms with van der Waals surface area (Å²) in [5, 5.41) is 11.9. The molecule has 1 amide bonds. The summed E-state index contributed by atoms with van der Waals surface area (Å²) in [6, 6.07) is 5.84. The van der Waals surface area contributed by atoms with E-state index in [-0.39, 0.29) is 6.04 Å². The van der Waals surface area contributed by atoms with Crippen molar-refractivity contribution in [3.63, 3.8) is 0 Å². The summed E-state index contributed by atoms with van der Waals surface area (Å²) in [6.07, 6.45) is 3.13. The number of imidazole rings is 1. The monoisotopic (exact) mass is 444 g/mol. The number of hydrogen-bond donors (Lipinski definition) is 3. The largest absolute Gasteiger partial charge is 0.497 e. The fourth-order valence-electron chi connectivity index (χ4n) is 3.66. The molecule has 2 atom stereocenters. The first-order valence-electron chi connectivity index (χ1n) is 9.87. The van der Waals surface area contributed by atoms with Crippen LogP contribution in [0.15, 0.2) is 34.6 Å². The van der Waals surface area contributed by atoms with Crippen molar-refractivity contribution in [2.45, 2.75) is 35.4 Å². The zero-order chi connectivity index (χ0) is 22.0. The van der Waals surface area contributed by atoms with Crippen LogP contribution >= 0.6 is 11.8 Å². The van der Waals surface area contributed by atoms with E-state index >= 15 is 0 Å². The summed E-state index contributed by atoms with van der Waals surface area (Å²) >= 11 is 1.47. The number of nitrogen functional groups attached to an aromatic ring is 1. The Kier molecular flexibility index (Phi) is 6.03. The lowest BCUT2D eigenvalue weighted by atomic mass is 10.2. The summed E-state index contributed by atoms with van der Waals surface area (Å²) in [7, 11) is 3.25. The lowest BCUT2D eigenvalue weighted by Gasteiger charge is -2.12. The third-order valence-electron chi connectivity index (χ3n) is 5.29. The number of nitrogens with two attached hydrogens (primary N) is 1. The molecule has 1 saturated carbocycles. The van der Waals surface area contributed by atoms with E-state index < -0.39 is 6.09 Å². The van der Waals surface area contributed by atoms with E-state index in [1.54, 1.807) is 14.2 Å². The van der Waals surface area contributed by atoms with E-state index in [4.69, 9.17) is 25.3 Å². The fourth-order valence-corrected chi connectivity index (χ4v) is 4.74. The number of anilines is 1. The van der Waals surface area contributed by atoms with Gasteiger partial charge in [-0.15, -0.1) is 0 Å². The maximum atomic E-state index is 10.6. The lowest BCUT2D eigenvalue weighted by Crippen LogP contribution is -2.21. The molecule has 0 saturated heterocycles. The second-order valence-corrected chi connectivity index (χ2v) is 8.26. The molecule has 2 aromatic heterocycles. The Balaban J connectivity index is 1.63. The molecule has 2 unspecified atom stereocenters. The van der Waals surface area contributed by atoms with E-state index in [1.807, 2.05) is 18.2 Å². The van der Waals surface area contributed by atoms with Gasteiger partial charge >= 0.3 is 6.09 Å². The highest BCUT2D eigenvalue weighted by Gasteiger charge is 2.41. The third kappa shape index (κ3) is 4.46. The molecule has 0 bridgehead atoms. The van der Waals surface area contributed by atoms with E-state index in [0.717, 1.165) is 40.8 Å². The van der Waals surface area contributed by atoms with Crippen molar-refractivity contribution in [1.29, 1.82) is 0 Å². The molecule has 1 fully saturated rings. The first kappa shape index (κ1) is 21.0. The quantitative estimate of drug-likeness (QED) is 0.425. The van der Waals surface area contributed by atoms with E-state index in [0.29, 0.717) is 29.4 Å². The number of fused-ring (bicyclic) bond motifs is 1. The predicted octanol–water partition coefficient (Wildman–Crippen LogP) is 3.19. The van der Waals surface area contributed by atoms with Crippen molar-refractivity contribution >= 4 is 34.8 Å². The maximum absolute atomic E-state index is 10.6. The van der Waals surface area contributed by atoms with E-state index in [2.05, 4.69) is 19.9 Å². The molecule has 4 N–H and O–H groups in total. The highest BCUT2D eigenvalue weighted by atomic mass is 32.2. The summed E-state index contributed by atoms with van der Waals surface area (Å²) in [5.74, 6) is 2.21. The number of benzene rings is 1. The first-order chi connectivity index (χ1) is 15.0. The first-order valence-corrected chi connectivity index (χ1v) is 10.7. The van der Waals surface area contributed by atoms with Crippen LogP contribution in [0, 0.1) is 5.92 Å². The standard InChI is InChI=1S/C20H24N6O4S/c1-29-12-5-6-14(30-2)15(9-12)31-19-25-16-17(21)23-10-24-18(16)26(19)13-8-11(13)4-3-7-22-20(27)28/h5-6,9-11,13,22H,3-4,7-8H2,1-2H3,(H,27,28)(H2,21,23,24). The SMILES string of the molecule is COc1ccc(OC)c(Sc2nc3c(N)ncnc3n2C2CC2CCCNC(=O)O)c1. The van der Waals surface area contributed by atoms with Gasteiger partial charge in [0, 0.05) is 12.6 Å². The minimum atomic E-state index is -0.994. The molecule has 31 heavy (non-hydrogen) atoms. The number of carboxylic acid groups (broad SMARTS) is 1. The van der Waals surface area contributed by atoms with Gasteiger partial charge in [0.1, 0.15) is 17.8 Å². The van der Waals surface area contributed by atoms with Crippen LogP contribution in [0.1, 0.15) is 25.3 Å². The predicted molar refractivity (Wildman–Crippen MR) is 116 cm³/mol. The number of hydrogen-bond acceptors (Lipinski definition) is 8. The molecule has 1 aliphatic carbocycles. The number of nitrogens with zero attached hydrogens (tertiary/aromatic N) is 4. The maximum Gasteiger partial charge on any atom is 0.404 e. The molecule has 164 valence electrons. The molecule has 3 aromatic rings. The van der Waals surface area contributed by atoms with Gasteiger partial charge in [0.25, 0.3) is 0 Å². The number of aromatic nitrogens is 4. The Hall–Kier alpha value is -3.21. The van der Waals surface area contributed by atoms with Gasteiger partial charge in [-0.05, 0) is 55.1 Å². The van der Waals surface area contributed by atoms with Gasteiger partial charge < -0.3 is 25.6 Å². The van der Waals surface area contributed by atoms with Crippen molar-refractivity contribution in [3.8, 4) is 11.5 Å². The Morgan fingerprint density at radius 1 is 1.35 bits per heavy atom. The molecule has 2 heterocycles. The molecular formula is C20H24N6O4S. The minimum absolute atomic E-state index is 0.225. The molecule has 4 rings (SSSR count). The zero-order valence-corrected chi connectivity index (χ0v) is 18.1. The van der Waals surface area contributed by atoms with Crippen molar-refractivity contribution in [3.05, 3.63) is 24.5 Å². The normalized spacial score (nSPS) is 17.5. The summed E-state index contributed by atoms with van der Waals surface area (Å²) in [4.78, 5) is 24.8. The summed E-state index contributed by atoms with van der Waals surface area (Å²) in [5.41, 5.74) is 7.35. The van der Waals surface area contributed by atoms with Crippen LogP contribution in [-0.2, 0) is 0 Å². The molecule has 0 aliphatic heterocycles. The summed E-state index contributed by atoms with van der Waals surface area (Å²) < 4.78 is 13.0. The van der Waals surface area contributed by atoms with Crippen LogP contribution in [0.4, 0.5) is 10.6 Å². The number of nitrogens with one attached hydrogen (secondary N) is 1. The number of ether oxygens (including phenoxy) is 2.